The standard InChI is InChI=1S/C24H18N4O3S2/c1-31-22-14-17(16-5-3-2-4-6-16)7-9-21(22)23-20-10-8-19(13-18(20)11-12-25-23)33(29,30)28-24-27-26-15-32-24/h2-15H,1H3,(H,27,28). The zero-order chi connectivity index (χ0) is 22.8. The molecule has 1 N–H and O–H groups in total. The second kappa shape index (κ2) is 8.61. The quantitative estimate of drug-likeness (QED) is 0.362. The molecule has 0 aliphatic carbocycles. The van der Waals surface area contributed by atoms with Crippen molar-refractivity contribution in [3.63, 3.8) is 0 Å². The van der Waals surface area contributed by atoms with E-state index in [1.165, 1.54) is 5.51 Å². The van der Waals surface area contributed by atoms with Gasteiger partial charge in [-0.15, -0.1) is 10.2 Å². The second-order valence-corrected chi connectivity index (χ2v) is 9.69. The van der Waals surface area contributed by atoms with E-state index < -0.39 is 10.0 Å². The van der Waals surface area contributed by atoms with Gasteiger partial charge in [-0.1, -0.05) is 53.8 Å². The van der Waals surface area contributed by atoms with Crippen LogP contribution in [0.25, 0.3) is 33.2 Å². The lowest BCUT2D eigenvalue weighted by atomic mass is 9.99. The van der Waals surface area contributed by atoms with Gasteiger partial charge in [0.15, 0.2) is 0 Å². The molecule has 0 spiro atoms. The smallest absolute Gasteiger partial charge is 0.263 e. The molecule has 5 aromatic rings. The Bertz CT molecular complexity index is 1540. The third kappa shape index (κ3) is 4.15. The summed E-state index contributed by atoms with van der Waals surface area (Å²) in [6, 6.07) is 22.8. The van der Waals surface area contributed by atoms with Crippen molar-refractivity contribution in [2.75, 3.05) is 11.8 Å². The molecule has 2 heterocycles. The number of fused-ring (bicyclic) bond motifs is 1. The highest BCUT2D eigenvalue weighted by Crippen LogP contribution is 2.37. The van der Waals surface area contributed by atoms with Gasteiger partial charge in [-0.3, -0.25) is 9.71 Å². The number of nitrogens with zero attached hydrogens (tertiary/aromatic N) is 3. The van der Waals surface area contributed by atoms with E-state index in [9.17, 15) is 8.42 Å². The third-order valence-electron chi connectivity index (χ3n) is 5.19. The fraction of sp³-hybridized carbons (Fsp3) is 0.0417. The van der Waals surface area contributed by atoms with Crippen molar-refractivity contribution < 1.29 is 13.2 Å². The number of ether oxygens (including phenoxy) is 1. The first kappa shape index (κ1) is 21.0. The molecule has 0 amide bonds. The van der Waals surface area contributed by atoms with Crippen molar-refractivity contribution in [1.29, 1.82) is 0 Å². The van der Waals surface area contributed by atoms with E-state index in [-0.39, 0.29) is 10.0 Å². The molecule has 0 saturated carbocycles. The maximum atomic E-state index is 12.8. The molecule has 5 rings (SSSR count). The summed E-state index contributed by atoms with van der Waals surface area (Å²) >= 11 is 1.11. The fourth-order valence-corrected chi connectivity index (χ4v) is 5.35. The van der Waals surface area contributed by atoms with Crippen LogP contribution in [0, 0.1) is 0 Å². The minimum Gasteiger partial charge on any atom is -0.496 e. The molecule has 0 bridgehead atoms. The van der Waals surface area contributed by atoms with Crippen molar-refractivity contribution in [2.24, 2.45) is 0 Å². The Morgan fingerprint density at radius 2 is 1.79 bits per heavy atom. The minimum absolute atomic E-state index is 0.133. The van der Waals surface area contributed by atoms with Gasteiger partial charge >= 0.3 is 0 Å². The molecule has 3 aromatic carbocycles. The first-order chi connectivity index (χ1) is 16.0. The van der Waals surface area contributed by atoms with Crippen LogP contribution in [0.2, 0.25) is 0 Å². The van der Waals surface area contributed by atoms with Crippen LogP contribution in [0.3, 0.4) is 0 Å². The van der Waals surface area contributed by atoms with Crippen LogP contribution in [-0.4, -0.2) is 30.7 Å². The Morgan fingerprint density at radius 1 is 0.939 bits per heavy atom. The molecule has 2 aromatic heterocycles. The van der Waals surface area contributed by atoms with Crippen LogP contribution in [0.1, 0.15) is 0 Å². The van der Waals surface area contributed by atoms with Gasteiger partial charge in [-0.25, -0.2) is 8.42 Å². The Morgan fingerprint density at radius 3 is 2.55 bits per heavy atom. The fourth-order valence-electron chi connectivity index (χ4n) is 3.63. The van der Waals surface area contributed by atoms with Crippen molar-refractivity contribution in [1.82, 2.24) is 15.2 Å². The van der Waals surface area contributed by atoms with Gasteiger partial charge in [0, 0.05) is 17.1 Å². The van der Waals surface area contributed by atoms with Crippen LogP contribution in [0.4, 0.5) is 5.13 Å². The van der Waals surface area contributed by atoms with E-state index >= 15 is 0 Å². The topological polar surface area (TPSA) is 94.1 Å². The summed E-state index contributed by atoms with van der Waals surface area (Å²) in [5, 5.41) is 9.18. The molecule has 33 heavy (non-hydrogen) atoms. The van der Waals surface area contributed by atoms with Crippen LogP contribution >= 0.6 is 11.3 Å². The highest BCUT2D eigenvalue weighted by atomic mass is 32.2. The van der Waals surface area contributed by atoms with Gasteiger partial charge in [0.05, 0.1) is 17.7 Å². The van der Waals surface area contributed by atoms with E-state index in [0.29, 0.717) is 11.4 Å². The average molecular weight is 475 g/mol. The number of nitrogens with one attached hydrogen (secondary N) is 1. The highest BCUT2D eigenvalue weighted by molar-refractivity contribution is 7.93. The molecule has 0 atom stereocenters. The molecule has 0 fully saturated rings. The Kier molecular flexibility index (Phi) is 5.49. The van der Waals surface area contributed by atoms with Crippen molar-refractivity contribution in [3.05, 3.63) is 84.5 Å². The lowest BCUT2D eigenvalue weighted by Gasteiger charge is -2.13. The largest absolute Gasteiger partial charge is 0.496 e. The maximum Gasteiger partial charge on any atom is 0.263 e. The van der Waals surface area contributed by atoms with Gasteiger partial charge in [0.25, 0.3) is 10.0 Å². The van der Waals surface area contributed by atoms with Crippen LogP contribution in [0.5, 0.6) is 5.75 Å². The highest BCUT2D eigenvalue weighted by Gasteiger charge is 2.18. The SMILES string of the molecule is COc1cc(-c2ccccc2)ccc1-c1nccc2cc(S(=O)(=O)Nc3nncs3)ccc12. The summed E-state index contributed by atoms with van der Waals surface area (Å²) in [6.45, 7) is 0. The number of anilines is 1. The number of rotatable bonds is 6. The number of methoxy groups -OCH3 is 1. The van der Waals surface area contributed by atoms with Crippen molar-refractivity contribution in [3.8, 4) is 28.1 Å². The first-order valence-corrected chi connectivity index (χ1v) is 12.3. The zero-order valence-electron chi connectivity index (χ0n) is 17.5. The maximum absolute atomic E-state index is 12.8. The lowest BCUT2D eigenvalue weighted by molar-refractivity contribution is 0.416. The molecule has 164 valence electrons. The summed E-state index contributed by atoms with van der Waals surface area (Å²) in [4.78, 5) is 4.71. The molecule has 0 radical (unpaired) electrons. The number of aromatic nitrogens is 3. The van der Waals surface area contributed by atoms with E-state index in [1.54, 1.807) is 37.6 Å². The van der Waals surface area contributed by atoms with Gasteiger partial charge in [-0.05, 0) is 46.8 Å². The number of hydrogen-bond acceptors (Lipinski definition) is 7. The third-order valence-corrected chi connectivity index (χ3v) is 7.26. The summed E-state index contributed by atoms with van der Waals surface area (Å²) in [5.74, 6) is 0.686. The van der Waals surface area contributed by atoms with Crippen molar-refractivity contribution in [2.45, 2.75) is 4.90 Å². The van der Waals surface area contributed by atoms with Gasteiger partial charge in [-0.2, -0.15) is 0 Å². The second-order valence-electron chi connectivity index (χ2n) is 7.17. The first-order valence-electron chi connectivity index (χ1n) is 9.97. The molecule has 0 unspecified atom stereocenters. The van der Waals surface area contributed by atoms with E-state index in [4.69, 9.17) is 4.74 Å². The number of sulfonamides is 1. The number of benzene rings is 3. The average Bonchev–Trinajstić information content (AvgIpc) is 3.36. The predicted octanol–water partition coefficient (Wildman–Crippen LogP) is 5.23. The van der Waals surface area contributed by atoms with Gasteiger partial charge in [0.2, 0.25) is 5.13 Å². The van der Waals surface area contributed by atoms with E-state index in [1.807, 2.05) is 48.5 Å². The summed E-state index contributed by atoms with van der Waals surface area (Å²) in [7, 11) is -2.16. The van der Waals surface area contributed by atoms with Crippen LogP contribution in [0.15, 0.2) is 89.4 Å². The molecular weight excluding hydrogens is 456 g/mol. The van der Waals surface area contributed by atoms with E-state index in [2.05, 4.69) is 19.9 Å². The van der Waals surface area contributed by atoms with Crippen LogP contribution < -0.4 is 9.46 Å². The zero-order valence-corrected chi connectivity index (χ0v) is 19.1. The molecule has 9 heteroatoms. The molecular formula is C24H18N4O3S2. The summed E-state index contributed by atoms with van der Waals surface area (Å²) in [6.07, 6.45) is 1.66. The number of hydrogen-bond donors (Lipinski definition) is 1. The monoisotopic (exact) mass is 474 g/mol. The summed E-state index contributed by atoms with van der Waals surface area (Å²) < 4.78 is 33.7. The normalized spacial score (nSPS) is 11.4. The van der Waals surface area contributed by atoms with Gasteiger partial charge in [0.1, 0.15) is 11.3 Å². The molecule has 0 saturated heterocycles. The van der Waals surface area contributed by atoms with Gasteiger partial charge < -0.3 is 4.74 Å². The Balaban J connectivity index is 1.57. The van der Waals surface area contributed by atoms with Crippen LogP contribution in [-0.2, 0) is 10.0 Å². The number of pyridine rings is 1. The predicted molar refractivity (Wildman–Crippen MR) is 130 cm³/mol. The lowest BCUT2D eigenvalue weighted by Crippen LogP contribution is -2.12. The Labute approximate surface area is 194 Å². The minimum atomic E-state index is -3.79. The van der Waals surface area contributed by atoms with Crippen molar-refractivity contribution >= 4 is 37.3 Å². The summed E-state index contributed by atoms with van der Waals surface area (Å²) in [5.41, 5.74) is 5.13. The Hall–Kier alpha value is -3.82. The molecule has 7 nitrogen and oxygen atoms in total. The molecule has 0 aliphatic rings. The van der Waals surface area contributed by atoms with E-state index in [0.717, 1.165) is 38.8 Å². The molecule has 0 aliphatic heterocycles.